The van der Waals surface area contributed by atoms with Crippen LogP contribution in [-0.2, 0) is 0 Å². The van der Waals surface area contributed by atoms with Crippen molar-refractivity contribution in [1.82, 2.24) is 4.57 Å². The maximum Gasteiger partial charge on any atom is 0.0720 e. The van der Waals surface area contributed by atoms with E-state index < -0.39 is 0 Å². The number of aromatic nitrogens is 1. The van der Waals surface area contributed by atoms with Crippen molar-refractivity contribution in [3.05, 3.63) is 114 Å². The third kappa shape index (κ3) is 2.83. The van der Waals surface area contributed by atoms with Crippen LogP contribution in [0.4, 0.5) is 0 Å². The molecule has 0 saturated carbocycles. The van der Waals surface area contributed by atoms with Gasteiger partial charge < -0.3 is 4.57 Å². The van der Waals surface area contributed by atoms with Crippen molar-refractivity contribution in [1.29, 1.82) is 0 Å². The quantitative estimate of drug-likeness (QED) is 0.221. The molecule has 0 fully saturated rings. The van der Waals surface area contributed by atoms with Crippen LogP contribution in [0, 0.1) is 0 Å². The van der Waals surface area contributed by atoms with E-state index >= 15 is 0 Å². The zero-order chi connectivity index (χ0) is 21.9. The van der Waals surface area contributed by atoms with E-state index in [4.69, 9.17) is 0 Å². The maximum absolute atomic E-state index is 3.91. The summed E-state index contributed by atoms with van der Waals surface area (Å²) in [5, 5.41) is 5.16. The predicted octanol–water partition coefficient (Wildman–Crippen LogP) is 9.58. The van der Waals surface area contributed by atoms with Gasteiger partial charge in [0.05, 0.1) is 15.7 Å². The third-order valence-corrected chi connectivity index (χ3v) is 8.25. The SMILES string of the molecule is Brc1cc2c3ccccc3n(-c3cccc(-c4ccccc4)c3)c2c2sc3ccccc3c12. The fourth-order valence-electron chi connectivity index (χ4n) is 5.01. The van der Waals surface area contributed by atoms with Crippen LogP contribution in [0.15, 0.2) is 114 Å². The Morgan fingerprint density at radius 2 is 1.33 bits per heavy atom. The number of hydrogen-bond donors (Lipinski definition) is 0. The Morgan fingerprint density at radius 1 is 0.606 bits per heavy atom. The first-order valence-corrected chi connectivity index (χ1v) is 12.6. The molecule has 2 heterocycles. The molecule has 0 aliphatic rings. The molecule has 3 heteroatoms. The van der Waals surface area contributed by atoms with Crippen molar-refractivity contribution in [2.75, 3.05) is 0 Å². The highest BCUT2D eigenvalue weighted by atomic mass is 79.9. The van der Waals surface area contributed by atoms with Gasteiger partial charge in [0.25, 0.3) is 0 Å². The molecule has 156 valence electrons. The second kappa shape index (κ2) is 7.31. The lowest BCUT2D eigenvalue weighted by Gasteiger charge is -2.11. The lowest BCUT2D eigenvalue weighted by molar-refractivity contribution is 1.19. The summed E-state index contributed by atoms with van der Waals surface area (Å²) in [6, 6.07) is 39.2. The number of para-hydroxylation sites is 1. The normalized spacial score (nSPS) is 11.8. The minimum Gasteiger partial charge on any atom is -0.308 e. The van der Waals surface area contributed by atoms with E-state index in [0.717, 1.165) is 4.47 Å². The van der Waals surface area contributed by atoms with Gasteiger partial charge in [0, 0.05) is 36.4 Å². The minimum absolute atomic E-state index is 1.16. The van der Waals surface area contributed by atoms with E-state index in [1.165, 1.54) is 58.8 Å². The molecule has 0 N–H and O–H groups in total. The van der Waals surface area contributed by atoms with Gasteiger partial charge in [-0.15, -0.1) is 11.3 Å². The second-order valence-electron chi connectivity index (χ2n) is 8.33. The molecule has 0 saturated heterocycles. The molecule has 0 aliphatic heterocycles. The molecule has 7 rings (SSSR count). The first-order valence-electron chi connectivity index (χ1n) is 11.0. The number of thiophene rings is 1. The maximum atomic E-state index is 3.91. The number of hydrogen-bond acceptors (Lipinski definition) is 1. The first kappa shape index (κ1) is 19.1. The molecule has 0 amide bonds. The highest BCUT2D eigenvalue weighted by Crippen LogP contribution is 2.46. The molecule has 0 radical (unpaired) electrons. The van der Waals surface area contributed by atoms with Crippen molar-refractivity contribution in [2.24, 2.45) is 0 Å². The van der Waals surface area contributed by atoms with Gasteiger partial charge in [-0.3, -0.25) is 0 Å². The van der Waals surface area contributed by atoms with E-state index in [-0.39, 0.29) is 0 Å². The van der Waals surface area contributed by atoms with Gasteiger partial charge in [-0.2, -0.15) is 0 Å². The lowest BCUT2D eigenvalue weighted by atomic mass is 10.1. The van der Waals surface area contributed by atoms with E-state index in [9.17, 15) is 0 Å². The van der Waals surface area contributed by atoms with E-state index in [1.54, 1.807) is 0 Å². The number of halogens is 1. The van der Waals surface area contributed by atoms with E-state index in [0.29, 0.717) is 0 Å². The molecule has 0 unspecified atom stereocenters. The summed E-state index contributed by atoms with van der Waals surface area (Å²) in [4.78, 5) is 0. The zero-order valence-electron chi connectivity index (χ0n) is 17.6. The van der Waals surface area contributed by atoms with Crippen molar-refractivity contribution in [3.63, 3.8) is 0 Å². The van der Waals surface area contributed by atoms with Crippen LogP contribution in [0.5, 0.6) is 0 Å². The molecule has 0 aliphatic carbocycles. The Kier molecular flexibility index (Phi) is 4.23. The molecular weight excluding hydrogens is 486 g/mol. The van der Waals surface area contributed by atoms with Crippen LogP contribution in [0.2, 0.25) is 0 Å². The molecule has 0 bridgehead atoms. The standard InChI is InChI=1S/C30H18BrNS/c31-25-18-24-22-13-4-6-15-26(22)32(21-12-8-11-20(17-21)19-9-2-1-3-10-19)29(24)30-28(25)23-14-5-7-16-27(23)33-30/h1-18H. The zero-order valence-corrected chi connectivity index (χ0v) is 20.0. The average molecular weight is 504 g/mol. The lowest BCUT2D eigenvalue weighted by Crippen LogP contribution is -1.94. The largest absolute Gasteiger partial charge is 0.308 e. The van der Waals surface area contributed by atoms with Gasteiger partial charge >= 0.3 is 0 Å². The highest BCUT2D eigenvalue weighted by molar-refractivity contribution is 9.10. The van der Waals surface area contributed by atoms with Crippen LogP contribution < -0.4 is 0 Å². The monoisotopic (exact) mass is 503 g/mol. The Hall–Kier alpha value is -3.40. The van der Waals surface area contributed by atoms with Crippen molar-refractivity contribution >= 4 is 69.2 Å². The Morgan fingerprint density at radius 3 is 2.21 bits per heavy atom. The average Bonchev–Trinajstić information content (AvgIpc) is 3.41. The summed E-state index contributed by atoms with van der Waals surface area (Å²) in [5.74, 6) is 0. The van der Waals surface area contributed by atoms with Crippen LogP contribution in [-0.4, -0.2) is 4.57 Å². The number of fused-ring (bicyclic) bond motifs is 7. The van der Waals surface area contributed by atoms with Gasteiger partial charge in [-0.05, 0) is 41.5 Å². The summed E-state index contributed by atoms with van der Waals surface area (Å²) in [6.07, 6.45) is 0. The fraction of sp³-hybridized carbons (Fsp3) is 0. The van der Waals surface area contributed by atoms with E-state index in [2.05, 4.69) is 130 Å². The number of benzene rings is 5. The van der Waals surface area contributed by atoms with Crippen LogP contribution in [0.3, 0.4) is 0 Å². The third-order valence-electron chi connectivity index (χ3n) is 6.45. The van der Waals surface area contributed by atoms with Crippen molar-refractivity contribution in [2.45, 2.75) is 0 Å². The summed E-state index contributed by atoms with van der Waals surface area (Å²) < 4.78 is 6.24. The first-order chi connectivity index (χ1) is 16.3. The molecule has 2 aromatic heterocycles. The Bertz CT molecular complexity index is 1830. The Labute approximate surface area is 203 Å². The van der Waals surface area contributed by atoms with Crippen LogP contribution >= 0.6 is 27.3 Å². The number of nitrogens with zero attached hydrogens (tertiary/aromatic N) is 1. The molecule has 33 heavy (non-hydrogen) atoms. The summed E-state index contributed by atoms with van der Waals surface area (Å²) in [7, 11) is 0. The molecule has 1 nitrogen and oxygen atoms in total. The minimum atomic E-state index is 1.16. The van der Waals surface area contributed by atoms with Gasteiger partial charge in [-0.1, -0.05) is 94.8 Å². The molecule has 5 aromatic carbocycles. The van der Waals surface area contributed by atoms with Gasteiger partial charge in [0.1, 0.15) is 0 Å². The summed E-state index contributed by atoms with van der Waals surface area (Å²) in [6.45, 7) is 0. The molecule has 0 atom stereocenters. The van der Waals surface area contributed by atoms with Crippen molar-refractivity contribution in [3.8, 4) is 16.8 Å². The number of rotatable bonds is 2. The molecule has 7 aromatic rings. The molecular formula is C30H18BrNS. The smallest absolute Gasteiger partial charge is 0.0720 e. The van der Waals surface area contributed by atoms with E-state index in [1.807, 2.05) is 11.3 Å². The van der Waals surface area contributed by atoms with Crippen LogP contribution in [0.25, 0.3) is 58.8 Å². The van der Waals surface area contributed by atoms with Crippen LogP contribution in [0.1, 0.15) is 0 Å². The Balaban J connectivity index is 1.65. The van der Waals surface area contributed by atoms with Gasteiger partial charge in [-0.25, -0.2) is 0 Å². The van der Waals surface area contributed by atoms with Gasteiger partial charge in [0.15, 0.2) is 0 Å². The van der Waals surface area contributed by atoms with Crippen molar-refractivity contribution < 1.29 is 0 Å². The summed E-state index contributed by atoms with van der Waals surface area (Å²) in [5.41, 5.74) is 6.15. The predicted molar refractivity (Wildman–Crippen MR) is 147 cm³/mol. The second-order valence-corrected chi connectivity index (χ2v) is 10.2. The molecule has 0 spiro atoms. The topological polar surface area (TPSA) is 4.93 Å². The highest BCUT2D eigenvalue weighted by Gasteiger charge is 2.19. The summed E-state index contributed by atoms with van der Waals surface area (Å²) >= 11 is 5.79. The fourth-order valence-corrected chi connectivity index (χ4v) is 7.04. The van der Waals surface area contributed by atoms with Gasteiger partial charge in [0.2, 0.25) is 0 Å².